The van der Waals surface area contributed by atoms with Gasteiger partial charge in [-0.1, -0.05) is 24.3 Å². The maximum Gasteiger partial charge on any atom is 0.230 e. The minimum atomic E-state index is 0.0982. The number of hydrogen-bond donors (Lipinski definition) is 1. The highest BCUT2D eigenvalue weighted by atomic mass is 16.2. The first-order valence-corrected chi connectivity index (χ1v) is 8.36. The van der Waals surface area contributed by atoms with Gasteiger partial charge in [-0.25, -0.2) is 0 Å². The third-order valence-electron chi connectivity index (χ3n) is 5.17. The highest BCUT2D eigenvalue weighted by molar-refractivity contribution is 5.84. The fourth-order valence-corrected chi connectivity index (χ4v) is 3.91. The lowest BCUT2D eigenvalue weighted by Gasteiger charge is -2.35. The van der Waals surface area contributed by atoms with Gasteiger partial charge in [0.2, 0.25) is 5.91 Å². The number of piperidine rings is 1. The molecule has 2 N–H and O–H groups in total. The Morgan fingerprint density at radius 3 is 2.71 bits per heavy atom. The van der Waals surface area contributed by atoms with Gasteiger partial charge in [-0.3, -0.25) is 4.79 Å². The van der Waals surface area contributed by atoms with Crippen LogP contribution < -0.4 is 5.73 Å². The second-order valence-corrected chi connectivity index (χ2v) is 6.49. The highest BCUT2D eigenvalue weighted by Crippen LogP contribution is 2.34. The quantitative estimate of drug-likeness (QED) is 0.928. The molecule has 3 heteroatoms. The normalized spacial score (nSPS) is 22.9. The van der Waals surface area contributed by atoms with Gasteiger partial charge in [0.15, 0.2) is 0 Å². The maximum atomic E-state index is 12.9. The molecular formula is C18H26N2O. The van der Waals surface area contributed by atoms with Crippen LogP contribution in [0.15, 0.2) is 24.3 Å². The van der Waals surface area contributed by atoms with E-state index in [1.807, 2.05) is 0 Å². The van der Waals surface area contributed by atoms with Crippen molar-refractivity contribution in [3.63, 3.8) is 0 Å². The number of carbonyl (C=O) groups is 1. The van der Waals surface area contributed by atoms with E-state index in [0.29, 0.717) is 5.91 Å². The lowest BCUT2D eigenvalue weighted by molar-refractivity contribution is -0.134. The summed E-state index contributed by atoms with van der Waals surface area (Å²) in [6, 6.07) is 8.49. The van der Waals surface area contributed by atoms with E-state index < -0.39 is 0 Å². The first kappa shape index (κ1) is 14.6. The summed E-state index contributed by atoms with van der Waals surface area (Å²) in [6.45, 7) is 2.61. The van der Waals surface area contributed by atoms with Crippen LogP contribution in [0.3, 0.4) is 0 Å². The molecule has 114 valence electrons. The van der Waals surface area contributed by atoms with Crippen molar-refractivity contribution in [2.45, 2.75) is 44.4 Å². The number of carbonyl (C=O) groups excluding carboxylic acids is 1. The average Bonchev–Trinajstić information content (AvgIpc) is 2.55. The minimum absolute atomic E-state index is 0.0982. The van der Waals surface area contributed by atoms with E-state index in [1.54, 1.807) is 0 Å². The molecule has 1 aliphatic heterocycles. The van der Waals surface area contributed by atoms with Crippen molar-refractivity contribution in [3.05, 3.63) is 35.4 Å². The largest absolute Gasteiger partial charge is 0.342 e. The van der Waals surface area contributed by atoms with Gasteiger partial charge >= 0.3 is 0 Å². The van der Waals surface area contributed by atoms with Crippen LogP contribution in [0.25, 0.3) is 0 Å². The Morgan fingerprint density at radius 2 is 1.95 bits per heavy atom. The molecular weight excluding hydrogens is 260 g/mol. The lowest BCUT2D eigenvalue weighted by Crippen LogP contribution is -2.42. The van der Waals surface area contributed by atoms with Crippen LogP contribution in [0.5, 0.6) is 0 Å². The third kappa shape index (κ3) is 3.13. The van der Waals surface area contributed by atoms with Crippen molar-refractivity contribution < 1.29 is 4.79 Å². The monoisotopic (exact) mass is 286 g/mol. The topological polar surface area (TPSA) is 46.3 Å². The smallest absolute Gasteiger partial charge is 0.230 e. The van der Waals surface area contributed by atoms with Gasteiger partial charge in [0.25, 0.3) is 0 Å². The predicted octanol–water partition coefficient (Wildman–Crippen LogP) is 2.69. The summed E-state index contributed by atoms with van der Waals surface area (Å²) in [7, 11) is 0. The van der Waals surface area contributed by atoms with Crippen molar-refractivity contribution >= 4 is 5.91 Å². The van der Waals surface area contributed by atoms with E-state index >= 15 is 0 Å². The highest BCUT2D eigenvalue weighted by Gasteiger charge is 2.31. The van der Waals surface area contributed by atoms with E-state index in [4.69, 9.17) is 5.73 Å². The number of hydrogen-bond acceptors (Lipinski definition) is 2. The molecule has 21 heavy (non-hydrogen) atoms. The van der Waals surface area contributed by atoms with Crippen molar-refractivity contribution in [2.75, 3.05) is 19.6 Å². The lowest BCUT2D eigenvalue weighted by atomic mass is 9.81. The van der Waals surface area contributed by atoms with Crippen LogP contribution in [0, 0.1) is 5.92 Å². The van der Waals surface area contributed by atoms with E-state index in [2.05, 4.69) is 29.2 Å². The molecule has 3 rings (SSSR count). The molecule has 3 nitrogen and oxygen atoms in total. The standard InChI is InChI=1S/C18H26N2O/c19-11-8-14-9-12-20(13-10-14)18(21)17-7-3-5-15-4-1-2-6-16(15)17/h1-2,4,6,14,17H,3,5,7-13,19H2. The molecule has 0 radical (unpaired) electrons. The molecule has 1 aromatic rings. The fraction of sp³-hybridized carbons (Fsp3) is 0.611. The van der Waals surface area contributed by atoms with E-state index in [-0.39, 0.29) is 5.92 Å². The summed E-state index contributed by atoms with van der Waals surface area (Å²) in [5.74, 6) is 1.17. The van der Waals surface area contributed by atoms with Gasteiger partial charge in [-0.2, -0.15) is 0 Å². The van der Waals surface area contributed by atoms with Gasteiger partial charge in [0.1, 0.15) is 0 Å². The van der Waals surface area contributed by atoms with Crippen molar-refractivity contribution in [1.29, 1.82) is 0 Å². The fourth-order valence-electron chi connectivity index (χ4n) is 3.91. The predicted molar refractivity (Wildman–Crippen MR) is 85.1 cm³/mol. The van der Waals surface area contributed by atoms with E-state index in [9.17, 15) is 4.79 Å². The maximum absolute atomic E-state index is 12.9. The van der Waals surface area contributed by atoms with Crippen LogP contribution in [0.2, 0.25) is 0 Å². The Balaban J connectivity index is 1.67. The first-order valence-electron chi connectivity index (χ1n) is 8.36. The molecule has 0 bridgehead atoms. The van der Waals surface area contributed by atoms with Crippen LogP contribution in [-0.2, 0) is 11.2 Å². The molecule has 0 spiro atoms. The number of nitrogens with two attached hydrogens (primary N) is 1. The molecule has 1 atom stereocenters. The van der Waals surface area contributed by atoms with Gasteiger partial charge in [-0.15, -0.1) is 0 Å². The zero-order chi connectivity index (χ0) is 14.7. The molecule has 1 amide bonds. The zero-order valence-electron chi connectivity index (χ0n) is 12.8. The molecule has 1 aliphatic carbocycles. The Kier molecular flexibility index (Phi) is 4.59. The van der Waals surface area contributed by atoms with Gasteiger partial charge < -0.3 is 10.6 Å². The summed E-state index contributed by atoms with van der Waals surface area (Å²) in [5, 5.41) is 0. The van der Waals surface area contributed by atoms with Crippen molar-refractivity contribution in [2.24, 2.45) is 11.7 Å². The summed E-state index contributed by atoms with van der Waals surface area (Å²) in [5.41, 5.74) is 8.29. The van der Waals surface area contributed by atoms with Crippen LogP contribution >= 0.6 is 0 Å². The molecule has 1 saturated heterocycles. The van der Waals surface area contributed by atoms with Crippen LogP contribution in [-0.4, -0.2) is 30.4 Å². The van der Waals surface area contributed by atoms with Crippen LogP contribution in [0.1, 0.15) is 49.1 Å². The third-order valence-corrected chi connectivity index (χ3v) is 5.17. The van der Waals surface area contributed by atoms with Crippen molar-refractivity contribution in [1.82, 2.24) is 4.90 Å². The Morgan fingerprint density at radius 1 is 1.19 bits per heavy atom. The van der Waals surface area contributed by atoms with E-state index in [1.165, 1.54) is 11.1 Å². The number of likely N-dealkylation sites (tertiary alicyclic amines) is 1. The molecule has 0 aromatic heterocycles. The minimum Gasteiger partial charge on any atom is -0.342 e. The average molecular weight is 286 g/mol. The van der Waals surface area contributed by atoms with Gasteiger partial charge in [0.05, 0.1) is 5.92 Å². The first-order chi connectivity index (χ1) is 10.3. The summed E-state index contributed by atoms with van der Waals surface area (Å²) in [6.07, 6.45) is 6.62. The van der Waals surface area contributed by atoms with Crippen molar-refractivity contribution in [3.8, 4) is 0 Å². The summed E-state index contributed by atoms with van der Waals surface area (Å²) in [4.78, 5) is 15.0. The molecule has 1 unspecified atom stereocenters. The van der Waals surface area contributed by atoms with Gasteiger partial charge in [-0.05, 0) is 62.1 Å². The van der Waals surface area contributed by atoms with Gasteiger partial charge in [0, 0.05) is 13.1 Å². The number of fused-ring (bicyclic) bond motifs is 1. The number of benzene rings is 1. The molecule has 1 heterocycles. The van der Waals surface area contributed by atoms with Crippen LogP contribution in [0.4, 0.5) is 0 Å². The molecule has 2 aliphatic rings. The molecule has 0 saturated carbocycles. The van der Waals surface area contributed by atoms with E-state index in [0.717, 1.165) is 64.1 Å². The molecule has 1 aromatic carbocycles. The number of aryl methyl sites for hydroxylation is 1. The second-order valence-electron chi connectivity index (χ2n) is 6.49. The number of rotatable bonds is 3. The summed E-state index contributed by atoms with van der Waals surface area (Å²) >= 11 is 0. The molecule has 1 fully saturated rings. The Hall–Kier alpha value is -1.35. The Labute approximate surface area is 127 Å². The second kappa shape index (κ2) is 6.61. The number of nitrogens with zero attached hydrogens (tertiary/aromatic N) is 1. The summed E-state index contributed by atoms with van der Waals surface area (Å²) < 4.78 is 0. The number of amides is 1. The Bertz CT molecular complexity index is 492. The SMILES string of the molecule is NCCC1CCN(C(=O)C2CCCc3ccccc32)CC1. The zero-order valence-corrected chi connectivity index (χ0v) is 12.8.